The molecule has 1 aromatic carbocycles. The Kier molecular flexibility index (Phi) is 4.28. The fourth-order valence-electron chi connectivity index (χ4n) is 3.13. The van der Waals surface area contributed by atoms with Gasteiger partial charge in [-0.05, 0) is 44.5 Å². The molecule has 132 valence electrons. The van der Waals surface area contributed by atoms with Crippen molar-refractivity contribution in [3.05, 3.63) is 53.3 Å². The molecular formula is C18H19NO5S. The summed E-state index contributed by atoms with van der Waals surface area (Å²) in [5.41, 5.74) is 1.28. The lowest BCUT2D eigenvalue weighted by Gasteiger charge is -2.10. The normalized spacial score (nSPS) is 16.8. The number of carbonyl (C=O) groups is 2. The van der Waals surface area contributed by atoms with Gasteiger partial charge >= 0.3 is 5.97 Å². The fraction of sp³-hybridized carbons (Fsp3) is 0.333. The highest BCUT2D eigenvalue weighted by molar-refractivity contribution is 7.92. The lowest BCUT2D eigenvalue weighted by atomic mass is 10.1. The average Bonchev–Trinajstić information content (AvgIpc) is 3.15. The summed E-state index contributed by atoms with van der Waals surface area (Å²) in [4.78, 5) is 24.2. The summed E-state index contributed by atoms with van der Waals surface area (Å²) in [5, 5.41) is 8.66. The number of carbonyl (C=O) groups excluding carboxylic acids is 1. The molecule has 1 aliphatic heterocycles. The molecule has 0 fully saturated rings. The van der Waals surface area contributed by atoms with Crippen LogP contribution in [0.1, 0.15) is 47.9 Å². The van der Waals surface area contributed by atoms with E-state index >= 15 is 0 Å². The molecule has 25 heavy (non-hydrogen) atoms. The highest BCUT2D eigenvalue weighted by Crippen LogP contribution is 2.31. The fourth-order valence-corrected chi connectivity index (χ4v) is 4.23. The van der Waals surface area contributed by atoms with Crippen LogP contribution < -0.4 is 0 Å². The Morgan fingerprint density at radius 3 is 2.56 bits per heavy atom. The van der Waals surface area contributed by atoms with Gasteiger partial charge in [-0.25, -0.2) is 8.42 Å². The van der Waals surface area contributed by atoms with E-state index in [9.17, 15) is 23.1 Å². The zero-order valence-electron chi connectivity index (χ0n) is 14.0. The van der Waals surface area contributed by atoms with Crippen molar-refractivity contribution in [1.29, 1.82) is 0 Å². The summed E-state index contributed by atoms with van der Waals surface area (Å²) in [5.74, 6) is -1.81. The third kappa shape index (κ3) is 2.89. The molecule has 0 radical (unpaired) electrons. The zero-order valence-corrected chi connectivity index (χ0v) is 14.8. The van der Waals surface area contributed by atoms with E-state index in [-0.39, 0.29) is 16.2 Å². The Morgan fingerprint density at radius 1 is 1.20 bits per heavy atom. The average molecular weight is 361 g/mol. The predicted octanol–water partition coefficient (Wildman–Crippen LogP) is 2.47. The Morgan fingerprint density at radius 2 is 1.92 bits per heavy atom. The van der Waals surface area contributed by atoms with Gasteiger partial charge in [0.05, 0.1) is 21.8 Å². The number of hydrogen-bond acceptors (Lipinski definition) is 4. The molecule has 0 saturated heterocycles. The van der Waals surface area contributed by atoms with Crippen LogP contribution in [0.25, 0.3) is 0 Å². The number of aliphatic carboxylic acids is 1. The van der Waals surface area contributed by atoms with Crippen molar-refractivity contribution in [2.45, 2.75) is 42.9 Å². The Bertz CT molecular complexity index is 956. The number of fused-ring (bicyclic) bond motifs is 1. The number of carboxylic acids is 1. The number of hydrogen-bond donors (Lipinski definition) is 1. The van der Waals surface area contributed by atoms with Crippen LogP contribution >= 0.6 is 0 Å². The van der Waals surface area contributed by atoms with E-state index in [0.29, 0.717) is 24.4 Å². The number of rotatable bonds is 5. The molecular weight excluding hydrogens is 342 g/mol. The maximum Gasteiger partial charge on any atom is 0.312 e. The molecule has 1 atom stereocenters. The zero-order chi connectivity index (χ0) is 18.4. The summed E-state index contributed by atoms with van der Waals surface area (Å²) in [6, 6.07) is 9.27. The van der Waals surface area contributed by atoms with Crippen LogP contribution in [0, 0.1) is 0 Å². The highest BCUT2D eigenvalue weighted by atomic mass is 32.2. The van der Waals surface area contributed by atoms with Crippen molar-refractivity contribution in [3.8, 4) is 0 Å². The molecule has 0 amide bonds. The molecule has 0 bridgehead atoms. The van der Waals surface area contributed by atoms with Crippen molar-refractivity contribution < 1.29 is 23.1 Å². The molecule has 2 heterocycles. The summed E-state index contributed by atoms with van der Waals surface area (Å²) >= 11 is 0. The van der Waals surface area contributed by atoms with E-state index in [4.69, 9.17) is 0 Å². The van der Waals surface area contributed by atoms with E-state index in [1.54, 1.807) is 42.7 Å². The van der Waals surface area contributed by atoms with E-state index in [1.807, 2.05) is 0 Å². The van der Waals surface area contributed by atoms with Crippen LogP contribution in [0.5, 0.6) is 0 Å². The standard InChI is InChI=1S/C18H19NO5S/c1-11(2)25(23,24)13-5-3-4-12(10-13)17(20)16-7-6-15-14(18(21)22)8-9-19(15)16/h3-7,10-11,14H,8-9H2,1-2H3,(H,21,22). The van der Waals surface area contributed by atoms with Gasteiger partial charge < -0.3 is 9.67 Å². The molecule has 0 spiro atoms. The van der Waals surface area contributed by atoms with Gasteiger partial charge in [-0.1, -0.05) is 12.1 Å². The van der Waals surface area contributed by atoms with Crippen molar-refractivity contribution in [2.75, 3.05) is 0 Å². The molecule has 0 saturated carbocycles. The Labute approximate surface area is 146 Å². The second-order valence-corrected chi connectivity index (χ2v) is 8.93. The van der Waals surface area contributed by atoms with Crippen molar-refractivity contribution in [3.63, 3.8) is 0 Å². The first kappa shape index (κ1) is 17.4. The molecule has 6 nitrogen and oxygen atoms in total. The van der Waals surface area contributed by atoms with Crippen LogP contribution in [0.15, 0.2) is 41.3 Å². The van der Waals surface area contributed by atoms with Crippen LogP contribution in [0.3, 0.4) is 0 Å². The van der Waals surface area contributed by atoms with Crippen molar-refractivity contribution >= 4 is 21.6 Å². The number of nitrogens with zero attached hydrogens (tertiary/aromatic N) is 1. The third-order valence-electron chi connectivity index (χ3n) is 4.59. The molecule has 3 rings (SSSR count). The highest BCUT2D eigenvalue weighted by Gasteiger charge is 2.32. The Hall–Kier alpha value is -2.41. The maximum atomic E-state index is 12.8. The topological polar surface area (TPSA) is 93.4 Å². The second kappa shape index (κ2) is 6.15. The minimum absolute atomic E-state index is 0.116. The molecule has 0 aliphatic carbocycles. The van der Waals surface area contributed by atoms with Gasteiger partial charge in [0.2, 0.25) is 5.78 Å². The Balaban J connectivity index is 1.99. The molecule has 1 aromatic heterocycles. The van der Waals surface area contributed by atoms with E-state index in [2.05, 4.69) is 0 Å². The molecule has 1 unspecified atom stereocenters. The first-order valence-electron chi connectivity index (χ1n) is 8.04. The number of benzene rings is 1. The number of carboxylic acid groups (broad SMARTS) is 1. The molecule has 2 aromatic rings. The molecule has 7 heteroatoms. The van der Waals surface area contributed by atoms with Crippen LogP contribution in [0.4, 0.5) is 0 Å². The largest absolute Gasteiger partial charge is 0.481 e. The summed E-state index contributed by atoms with van der Waals surface area (Å²) < 4.78 is 26.3. The maximum absolute atomic E-state index is 12.8. The van der Waals surface area contributed by atoms with Crippen molar-refractivity contribution in [1.82, 2.24) is 4.57 Å². The lowest BCUT2D eigenvalue weighted by Crippen LogP contribution is -2.15. The number of ketones is 1. The first-order chi connectivity index (χ1) is 11.7. The van der Waals surface area contributed by atoms with Crippen LogP contribution in [-0.2, 0) is 21.2 Å². The molecule has 1 aliphatic rings. The van der Waals surface area contributed by atoms with Gasteiger partial charge in [0.1, 0.15) is 0 Å². The van der Waals surface area contributed by atoms with Gasteiger partial charge in [-0.15, -0.1) is 0 Å². The summed E-state index contributed by atoms with van der Waals surface area (Å²) in [6.45, 7) is 3.65. The third-order valence-corrected chi connectivity index (χ3v) is 6.74. The van der Waals surface area contributed by atoms with Crippen LogP contribution in [0.2, 0.25) is 0 Å². The number of aromatic nitrogens is 1. The molecule has 1 N–H and O–H groups in total. The van der Waals surface area contributed by atoms with E-state index in [1.165, 1.54) is 12.1 Å². The van der Waals surface area contributed by atoms with E-state index < -0.39 is 27.0 Å². The van der Waals surface area contributed by atoms with Gasteiger partial charge in [-0.2, -0.15) is 0 Å². The summed E-state index contributed by atoms with van der Waals surface area (Å²) in [7, 11) is -3.47. The lowest BCUT2D eigenvalue weighted by molar-refractivity contribution is -0.138. The minimum Gasteiger partial charge on any atom is -0.481 e. The quantitative estimate of drug-likeness (QED) is 0.826. The second-order valence-electron chi connectivity index (χ2n) is 6.43. The minimum atomic E-state index is -3.47. The van der Waals surface area contributed by atoms with Gasteiger partial charge in [0, 0.05) is 17.8 Å². The monoisotopic (exact) mass is 361 g/mol. The smallest absolute Gasteiger partial charge is 0.312 e. The number of sulfone groups is 1. The van der Waals surface area contributed by atoms with Crippen molar-refractivity contribution in [2.24, 2.45) is 0 Å². The van der Waals surface area contributed by atoms with Gasteiger partial charge in [0.25, 0.3) is 0 Å². The van der Waals surface area contributed by atoms with Gasteiger partial charge in [0.15, 0.2) is 9.84 Å². The first-order valence-corrected chi connectivity index (χ1v) is 9.59. The van der Waals surface area contributed by atoms with E-state index in [0.717, 1.165) is 0 Å². The predicted molar refractivity (Wildman–Crippen MR) is 91.6 cm³/mol. The summed E-state index contributed by atoms with van der Waals surface area (Å²) in [6.07, 6.45) is 0.452. The SMILES string of the molecule is CC(C)S(=O)(=O)c1cccc(C(=O)c2ccc3n2CCC3C(=O)O)c1. The van der Waals surface area contributed by atoms with Gasteiger partial charge in [-0.3, -0.25) is 9.59 Å². The van der Waals surface area contributed by atoms with Crippen LogP contribution in [-0.4, -0.2) is 35.1 Å².